The third-order valence-electron chi connectivity index (χ3n) is 4.77. The van der Waals surface area contributed by atoms with Gasteiger partial charge in [0.1, 0.15) is 16.7 Å². The maximum Gasteiger partial charge on any atom is 0.305 e. The highest BCUT2D eigenvalue weighted by Gasteiger charge is 2.32. The van der Waals surface area contributed by atoms with E-state index in [4.69, 9.17) is 17.0 Å². The fraction of sp³-hybridized carbons (Fsp3) is 0.261. The first-order valence-corrected chi connectivity index (χ1v) is 11.7. The number of benzene rings is 2. The summed E-state index contributed by atoms with van der Waals surface area (Å²) in [6, 6.07) is 13.8. The molecule has 0 N–H and O–H groups in total. The van der Waals surface area contributed by atoms with Crippen LogP contribution in [0.5, 0.6) is 5.75 Å². The third-order valence-corrected chi connectivity index (χ3v) is 6.64. The number of carbonyl (C=O) groups is 2. The minimum Gasteiger partial charge on any atom is -0.488 e. The van der Waals surface area contributed by atoms with Gasteiger partial charge in [0, 0.05) is 23.0 Å². The summed E-state index contributed by atoms with van der Waals surface area (Å²) in [5.41, 5.74) is 3.06. The summed E-state index contributed by atoms with van der Waals surface area (Å²) in [6.07, 6.45) is 2.54. The summed E-state index contributed by atoms with van der Waals surface area (Å²) in [7, 11) is 1.35. The summed E-state index contributed by atoms with van der Waals surface area (Å²) in [6.45, 7) is 2.86. The molecule has 0 bridgehead atoms. The summed E-state index contributed by atoms with van der Waals surface area (Å²) >= 11 is 10.1. The average molecular weight is 520 g/mol. The molecular formula is C23H22BrNO4S2. The molecule has 162 valence electrons. The molecule has 1 aliphatic rings. The van der Waals surface area contributed by atoms with Crippen molar-refractivity contribution in [1.29, 1.82) is 0 Å². The van der Waals surface area contributed by atoms with Gasteiger partial charge in [-0.15, -0.1) is 0 Å². The van der Waals surface area contributed by atoms with Crippen LogP contribution in [-0.4, -0.2) is 34.8 Å². The maximum atomic E-state index is 12.9. The maximum absolute atomic E-state index is 12.9. The Morgan fingerprint density at radius 1 is 1.26 bits per heavy atom. The molecule has 0 spiro atoms. The summed E-state index contributed by atoms with van der Waals surface area (Å²) < 4.78 is 12.1. The minimum atomic E-state index is -0.300. The molecule has 2 aromatic carbocycles. The molecule has 0 unspecified atom stereocenters. The van der Waals surface area contributed by atoms with Gasteiger partial charge >= 0.3 is 5.97 Å². The number of carbonyl (C=O) groups excluding carboxylic acids is 2. The monoisotopic (exact) mass is 519 g/mol. The molecule has 0 radical (unpaired) electrons. The molecule has 1 amide bonds. The van der Waals surface area contributed by atoms with Crippen LogP contribution in [-0.2, 0) is 20.9 Å². The topological polar surface area (TPSA) is 55.8 Å². The van der Waals surface area contributed by atoms with E-state index < -0.39 is 0 Å². The highest BCUT2D eigenvalue weighted by Crippen LogP contribution is 2.35. The highest BCUT2D eigenvalue weighted by atomic mass is 79.9. The molecule has 0 saturated carbocycles. The Labute approximate surface area is 199 Å². The molecule has 0 aliphatic carbocycles. The summed E-state index contributed by atoms with van der Waals surface area (Å²) in [4.78, 5) is 26.2. The van der Waals surface area contributed by atoms with Crippen LogP contribution in [0, 0.1) is 6.92 Å². The van der Waals surface area contributed by atoms with Gasteiger partial charge in [0.05, 0.1) is 12.0 Å². The lowest BCUT2D eigenvalue weighted by atomic mass is 10.1. The molecule has 1 fully saturated rings. The van der Waals surface area contributed by atoms with Crippen molar-refractivity contribution in [3.05, 3.63) is 68.5 Å². The number of methoxy groups -OCH3 is 1. The second kappa shape index (κ2) is 10.9. The van der Waals surface area contributed by atoms with Crippen LogP contribution >= 0.6 is 39.9 Å². The van der Waals surface area contributed by atoms with Crippen LogP contribution < -0.4 is 4.74 Å². The van der Waals surface area contributed by atoms with Crippen LogP contribution in [0.25, 0.3) is 6.08 Å². The first-order valence-electron chi connectivity index (χ1n) is 9.68. The van der Waals surface area contributed by atoms with Gasteiger partial charge in [-0.3, -0.25) is 14.5 Å². The van der Waals surface area contributed by atoms with Crippen molar-refractivity contribution >= 4 is 62.2 Å². The predicted octanol–water partition coefficient (Wildman–Crippen LogP) is 5.49. The molecular weight excluding hydrogens is 498 g/mol. The molecule has 2 aromatic rings. The number of hydrogen-bond donors (Lipinski definition) is 0. The van der Waals surface area contributed by atoms with E-state index in [0.717, 1.165) is 21.2 Å². The van der Waals surface area contributed by atoms with Crippen molar-refractivity contribution in [2.75, 3.05) is 13.7 Å². The molecule has 3 rings (SSSR count). The Balaban J connectivity index is 1.75. The van der Waals surface area contributed by atoms with Crippen LogP contribution in [0.3, 0.4) is 0 Å². The normalized spacial score (nSPS) is 14.9. The van der Waals surface area contributed by atoms with E-state index in [1.54, 1.807) is 6.08 Å². The van der Waals surface area contributed by atoms with Crippen molar-refractivity contribution in [2.45, 2.75) is 26.4 Å². The van der Waals surface area contributed by atoms with E-state index in [2.05, 4.69) is 20.7 Å². The third kappa shape index (κ3) is 6.18. The van der Waals surface area contributed by atoms with E-state index >= 15 is 0 Å². The van der Waals surface area contributed by atoms with Gasteiger partial charge in [0.2, 0.25) is 0 Å². The minimum absolute atomic E-state index is 0.162. The van der Waals surface area contributed by atoms with Crippen molar-refractivity contribution < 1.29 is 19.1 Å². The van der Waals surface area contributed by atoms with Gasteiger partial charge in [-0.1, -0.05) is 64.2 Å². The lowest BCUT2D eigenvalue weighted by molar-refractivity contribution is -0.141. The molecule has 31 heavy (non-hydrogen) atoms. The van der Waals surface area contributed by atoms with Gasteiger partial charge in [-0.05, 0) is 48.7 Å². The smallest absolute Gasteiger partial charge is 0.305 e. The van der Waals surface area contributed by atoms with Crippen LogP contribution in [0.4, 0.5) is 0 Å². The number of nitrogens with zero attached hydrogens (tertiary/aromatic N) is 1. The zero-order chi connectivity index (χ0) is 22.4. The lowest BCUT2D eigenvalue weighted by Gasteiger charge is -2.14. The molecule has 0 atom stereocenters. The van der Waals surface area contributed by atoms with Gasteiger partial charge < -0.3 is 9.47 Å². The predicted molar refractivity (Wildman–Crippen MR) is 131 cm³/mol. The second-order valence-electron chi connectivity index (χ2n) is 6.91. The fourth-order valence-corrected chi connectivity index (χ4v) is 4.69. The molecule has 0 aromatic heterocycles. The zero-order valence-electron chi connectivity index (χ0n) is 17.2. The quantitative estimate of drug-likeness (QED) is 0.261. The number of rotatable bonds is 8. The number of hydrogen-bond acceptors (Lipinski definition) is 6. The van der Waals surface area contributed by atoms with E-state index in [0.29, 0.717) is 34.5 Å². The summed E-state index contributed by atoms with van der Waals surface area (Å²) in [5, 5.41) is 0. The van der Waals surface area contributed by atoms with Crippen molar-refractivity contribution in [3.63, 3.8) is 0 Å². The van der Waals surface area contributed by atoms with E-state index in [-0.39, 0.29) is 18.3 Å². The standard InChI is InChI=1S/C23H22BrNO4S2/c1-15-6-3-4-7-16(15)14-29-19-10-9-18(24)12-17(19)13-20-22(27)25(23(30)31-20)11-5-8-21(26)28-2/h3-4,6-7,9-10,12-13H,5,8,11,14H2,1-2H3/b20-13+. The molecule has 5 nitrogen and oxygen atoms in total. The van der Waals surface area contributed by atoms with Crippen LogP contribution in [0.15, 0.2) is 51.8 Å². The van der Waals surface area contributed by atoms with Crippen LogP contribution in [0.1, 0.15) is 29.5 Å². The van der Waals surface area contributed by atoms with Crippen molar-refractivity contribution in [2.24, 2.45) is 0 Å². The Morgan fingerprint density at radius 2 is 2.03 bits per heavy atom. The number of esters is 1. The van der Waals surface area contributed by atoms with Gasteiger partial charge in [-0.2, -0.15) is 0 Å². The number of ether oxygens (including phenoxy) is 2. The molecule has 1 saturated heterocycles. The lowest BCUT2D eigenvalue weighted by Crippen LogP contribution is -2.29. The van der Waals surface area contributed by atoms with Crippen molar-refractivity contribution in [1.82, 2.24) is 4.90 Å². The van der Waals surface area contributed by atoms with Crippen LogP contribution in [0.2, 0.25) is 0 Å². The Morgan fingerprint density at radius 3 is 2.77 bits per heavy atom. The Hall–Kier alpha value is -2.16. The second-order valence-corrected chi connectivity index (χ2v) is 9.50. The SMILES string of the molecule is COC(=O)CCCN1C(=O)/C(=C\c2cc(Br)ccc2OCc2ccccc2C)SC1=S. The Bertz CT molecular complexity index is 1040. The largest absolute Gasteiger partial charge is 0.488 e. The summed E-state index contributed by atoms with van der Waals surface area (Å²) in [5.74, 6) is 0.220. The first kappa shape index (κ1) is 23.5. The van der Waals surface area contributed by atoms with E-state index in [9.17, 15) is 9.59 Å². The van der Waals surface area contributed by atoms with Crippen molar-refractivity contribution in [3.8, 4) is 5.75 Å². The van der Waals surface area contributed by atoms with E-state index in [1.165, 1.54) is 23.8 Å². The van der Waals surface area contributed by atoms with Gasteiger partial charge in [0.25, 0.3) is 5.91 Å². The molecule has 8 heteroatoms. The fourth-order valence-electron chi connectivity index (χ4n) is 3.01. The number of thiocarbonyl (C=S) groups is 1. The number of amides is 1. The average Bonchev–Trinajstić information content (AvgIpc) is 3.01. The zero-order valence-corrected chi connectivity index (χ0v) is 20.4. The van der Waals surface area contributed by atoms with Gasteiger partial charge in [-0.25, -0.2) is 0 Å². The number of aryl methyl sites for hydroxylation is 1. The van der Waals surface area contributed by atoms with E-state index in [1.807, 2.05) is 49.4 Å². The highest BCUT2D eigenvalue weighted by molar-refractivity contribution is 9.10. The number of halogens is 1. The van der Waals surface area contributed by atoms with Gasteiger partial charge in [0.15, 0.2) is 0 Å². The molecule has 1 aliphatic heterocycles. The first-order chi connectivity index (χ1) is 14.9. The molecule has 1 heterocycles. The number of thioether (sulfide) groups is 1. The Kier molecular flexibility index (Phi) is 8.28.